The van der Waals surface area contributed by atoms with Crippen molar-refractivity contribution >= 4 is 11.8 Å². The van der Waals surface area contributed by atoms with Crippen molar-refractivity contribution in [1.82, 2.24) is 19.7 Å². The molecule has 2 aromatic heterocycles. The molecular formula is C15H10F4N4OS. The Morgan fingerprint density at radius 2 is 1.64 bits per heavy atom. The van der Waals surface area contributed by atoms with Crippen LogP contribution in [0.2, 0.25) is 0 Å². The van der Waals surface area contributed by atoms with Crippen molar-refractivity contribution in [2.24, 2.45) is 7.05 Å². The van der Waals surface area contributed by atoms with Crippen molar-refractivity contribution in [3.63, 3.8) is 0 Å². The van der Waals surface area contributed by atoms with Gasteiger partial charge in [0.25, 0.3) is 11.9 Å². The molecule has 0 bridgehead atoms. The summed E-state index contributed by atoms with van der Waals surface area (Å²) in [5.74, 6) is -5.76. The SMILES string of the molecule is COc1ccccc1-c1nnc(Sc2c(F)c(F)nc(F)c2F)n1C. The summed E-state index contributed by atoms with van der Waals surface area (Å²) in [5.41, 5.74) is 0.597. The summed E-state index contributed by atoms with van der Waals surface area (Å²) < 4.78 is 60.6. The molecule has 5 nitrogen and oxygen atoms in total. The molecule has 0 saturated heterocycles. The summed E-state index contributed by atoms with van der Waals surface area (Å²) in [5, 5.41) is 7.82. The van der Waals surface area contributed by atoms with Crippen LogP contribution < -0.4 is 4.74 Å². The van der Waals surface area contributed by atoms with Gasteiger partial charge in [-0.2, -0.15) is 13.8 Å². The molecule has 3 rings (SSSR count). The third kappa shape index (κ3) is 3.04. The second kappa shape index (κ2) is 6.71. The number of halogens is 4. The van der Waals surface area contributed by atoms with Crippen molar-refractivity contribution in [1.29, 1.82) is 0 Å². The van der Waals surface area contributed by atoms with E-state index in [0.29, 0.717) is 28.9 Å². The van der Waals surface area contributed by atoms with Gasteiger partial charge in [0, 0.05) is 7.05 Å². The molecule has 2 heterocycles. The lowest BCUT2D eigenvalue weighted by atomic mass is 10.2. The fraction of sp³-hybridized carbons (Fsp3) is 0.133. The topological polar surface area (TPSA) is 52.8 Å². The first kappa shape index (κ1) is 17.2. The highest BCUT2D eigenvalue weighted by Gasteiger charge is 2.24. The molecule has 0 atom stereocenters. The van der Waals surface area contributed by atoms with Gasteiger partial charge < -0.3 is 9.30 Å². The normalized spacial score (nSPS) is 11.0. The fourth-order valence-electron chi connectivity index (χ4n) is 2.12. The number of ether oxygens (including phenoxy) is 1. The lowest BCUT2D eigenvalue weighted by Gasteiger charge is -2.08. The van der Waals surface area contributed by atoms with Gasteiger partial charge in [-0.15, -0.1) is 10.2 Å². The van der Waals surface area contributed by atoms with Gasteiger partial charge in [0.2, 0.25) is 0 Å². The maximum atomic E-state index is 13.8. The van der Waals surface area contributed by atoms with Gasteiger partial charge in [-0.25, -0.2) is 8.78 Å². The first-order valence-corrected chi connectivity index (χ1v) is 7.66. The van der Waals surface area contributed by atoms with Crippen LogP contribution in [-0.2, 0) is 7.05 Å². The van der Waals surface area contributed by atoms with E-state index in [1.807, 2.05) is 0 Å². The number of nitrogens with zero attached hydrogens (tertiary/aromatic N) is 4. The monoisotopic (exact) mass is 370 g/mol. The van der Waals surface area contributed by atoms with E-state index in [1.54, 1.807) is 31.3 Å². The number of methoxy groups -OCH3 is 1. The van der Waals surface area contributed by atoms with Crippen LogP contribution in [0.15, 0.2) is 34.3 Å². The van der Waals surface area contributed by atoms with Crippen LogP contribution in [0.25, 0.3) is 11.4 Å². The van der Waals surface area contributed by atoms with Crippen molar-refractivity contribution in [2.75, 3.05) is 7.11 Å². The van der Waals surface area contributed by atoms with E-state index in [-0.39, 0.29) is 5.16 Å². The molecule has 0 aliphatic heterocycles. The number of rotatable bonds is 4. The fourth-order valence-corrected chi connectivity index (χ4v) is 2.95. The molecule has 0 aliphatic rings. The van der Waals surface area contributed by atoms with Crippen LogP contribution in [0.1, 0.15) is 0 Å². The summed E-state index contributed by atoms with van der Waals surface area (Å²) in [6, 6.07) is 6.96. The molecule has 25 heavy (non-hydrogen) atoms. The summed E-state index contributed by atoms with van der Waals surface area (Å²) in [6.45, 7) is 0. The van der Waals surface area contributed by atoms with Gasteiger partial charge in [0.1, 0.15) is 5.75 Å². The summed E-state index contributed by atoms with van der Waals surface area (Å²) in [6.07, 6.45) is 0. The van der Waals surface area contributed by atoms with Crippen LogP contribution in [0.5, 0.6) is 5.75 Å². The standard InChI is InChI=1S/C15H10F4N4OS/c1-23-14(7-5-3-4-6-8(7)24-2)21-22-15(23)25-11-9(16)12(18)20-13(19)10(11)17/h3-6H,1-2H3. The number of para-hydroxylation sites is 1. The second-order valence-corrected chi connectivity index (χ2v) is 5.80. The number of hydrogen-bond acceptors (Lipinski definition) is 5. The lowest BCUT2D eigenvalue weighted by molar-refractivity contribution is 0.383. The minimum atomic E-state index is -1.73. The molecule has 0 N–H and O–H groups in total. The number of benzene rings is 1. The maximum Gasteiger partial charge on any atom is 0.252 e. The molecule has 0 amide bonds. The summed E-state index contributed by atoms with van der Waals surface area (Å²) >= 11 is 0.403. The average Bonchev–Trinajstić information content (AvgIpc) is 2.97. The van der Waals surface area contributed by atoms with Gasteiger partial charge in [0.15, 0.2) is 22.6 Å². The molecule has 0 aliphatic carbocycles. The van der Waals surface area contributed by atoms with Crippen molar-refractivity contribution < 1.29 is 22.3 Å². The Bertz CT molecular complexity index is 921. The van der Waals surface area contributed by atoms with Crippen molar-refractivity contribution in [2.45, 2.75) is 10.1 Å². The molecule has 0 saturated carbocycles. The van der Waals surface area contributed by atoms with Gasteiger partial charge in [-0.05, 0) is 23.9 Å². The third-order valence-electron chi connectivity index (χ3n) is 3.33. The van der Waals surface area contributed by atoms with Gasteiger partial charge >= 0.3 is 0 Å². The maximum absolute atomic E-state index is 13.8. The zero-order valence-electron chi connectivity index (χ0n) is 12.9. The van der Waals surface area contributed by atoms with Crippen LogP contribution in [0, 0.1) is 23.5 Å². The quantitative estimate of drug-likeness (QED) is 0.519. The Labute approximate surface area is 143 Å². The molecule has 0 fully saturated rings. The lowest BCUT2D eigenvalue weighted by Crippen LogP contribution is -2.03. The largest absolute Gasteiger partial charge is 0.496 e. The Kier molecular flexibility index (Phi) is 4.62. The van der Waals surface area contributed by atoms with E-state index in [9.17, 15) is 17.6 Å². The molecule has 0 spiro atoms. The first-order valence-electron chi connectivity index (χ1n) is 6.84. The van der Waals surface area contributed by atoms with E-state index < -0.39 is 28.4 Å². The smallest absolute Gasteiger partial charge is 0.252 e. The predicted molar refractivity (Wildman–Crippen MR) is 81.2 cm³/mol. The van der Waals surface area contributed by atoms with E-state index in [0.717, 1.165) is 0 Å². The second-order valence-electron chi connectivity index (χ2n) is 4.82. The molecule has 1 aromatic carbocycles. The number of pyridine rings is 1. The van der Waals surface area contributed by atoms with E-state index in [4.69, 9.17) is 4.74 Å². The first-order chi connectivity index (χ1) is 11.9. The average molecular weight is 370 g/mol. The van der Waals surface area contributed by atoms with Crippen LogP contribution in [0.3, 0.4) is 0 Å². The number of aromatic nitrogens is 4. The van der Waals surface area contributed by atoms with Crippen LogP contribution in [0.4, 0.5) is 17.6 Å². The molecule has 3 aromatic rings. The molecule has 0 unspecified atom stereocenters. The van der Waals surface area contributed by atoms with Crippen LogP contribution in [-0.4, -0.2) is 26.9 Å². The summed E-state index contributed by atoms with van der Waals surface area (Å²) in [7, 11) is 3.03. The zero-order chi connectivity index (χ0) is 18.1. The highest BCUT2D eigenvalue weighted by Crippen LogP contribution is 2.35. The molecule has 0 radical (unpaired) electrons. The number of hydrogen-bond donors (Lipinski definition) is 0. The van der Waals surface area contributed by atoms with Gasteiger partial charge in [-0.3, -0.25) is 0 Å². The van der Waals surface area contributed by atoms with E-state index in [2.05, 4.69) is 15.2 Å². The molecule has 130 valence electrons. The van der Waals surface area contributed by atoms with E-state index in [1.165, 1.54) is 11.7 Å². The Hall–Kier alpha value is -2.62. The molecule has 10 heteroatoms. The van der Waals surface area contributed by atoms with Crippen molar-refractivity contribution in [3.05, 3.63) is 47.8 Å². The highest BCUT2D eigenvalue weighted by atomic mass is 32.2. The third-order valence-corrected chi connectivity index (χ3v) is 4.43. The zero-order valence-corrected chi connectivity index (χ0v) is 13.7. The van der Waals surface area contributed by atoms with Crippen LogP contribution >= 0.6 is 11.8 Å². The van der Waals surface area contributed by atoms with E-state index >= 15 is 0 Å². The predicted octanol–water partition coefficient (Wildman–Crippen LogP) is 3.59. The summed E-state index contributed by atoms with van der Waals surface area (Å²) in [4.78, 5) is 1.63. The highest BCUT2D eigenvalue weighted by molar-refractivity contribution is 7.99. The van der Waals surface area contributed by atoms with Gasteiger partial charge in [-0.1, -0.05) is 12.1 Å². The minimum Gasteiger partial charge on any atom is -0.496 e. The Morgan fingerprint density at radius 1 is 1.00 bits per heavy atom. The molecular weight excluding hydrogens is 360 g/mol. The van der Waals surface area contributed by atoms with Gasteiger partial charge in [0.05, 0.1) is 17.6 Å². The minimum absolute atomic E-state index is 0.0312. The van der Waals surface area contributed by atoms with Crippen molar-refractivity contribution in [3.8, 4) is 17.1 Å². The Morgan fingerprint density at radius 3 is 2.28 bits per heavy atom. The Balaban J connectivity index is 2.04.